The van der Waals surface area contributed by atoms with Crippen molar-refractivity contribution in [3.05, 3.63) is 35.9 Å². The Morgan fingerprint density at radius 1 is 1.25 bits per heavy atom. The second-order valence-corrected chi connectivity index (χ2v) is 8.06. The van der Waals surface area contributed by atoms with Gasteiger partial charge in [0.2, 0.25) is 5.91 Å². The van der Waals surface area contributed by atoms with Gasteiger partial charge in [0.05, 0.1) is 5.60 Å². The number of amides is 1. The highest BCUT2D eigenvalue weighted by Crippen LogP contribution is 2.39. The molecule has 0 aliphatic carbocycles. The van der Waals surface area contributed by atoms with Crippen molar-refractivity contribution < 1.29 is 9.53 Å². The van der Waals surface area contributed by atoms with Crippen molar-refractivity contribution in [2.45, 2.75) is 58.0 Å². The topological polar surface area (TPSA) is 29.5 Å². The summed E-state index contributed by atoms with van der Waals surface area (Å²) in [5, 5.41) is 0. The maximum Gasteiger partial charge on any atom is 0.222 e. The molecule has 2 fully saturated rings. The smallest absolute Gasteiger partial charge is 0.222 e. The quantitative estimate of drug-likeness (QED) is 0.833. The summed E-state index contributed by atoms with van der Waals surface area (Å²) in [6, 6.07) is 10.8. The molecule has 2 aliphatic rings. The third-order valence-corrected chi connectivity index (χ3v) is 5.57. The van der Waals surface area contributed by atoms with Gasteiger partial charge in [0, 0.05) is 26.1 Å². The van der Waals surface area contributed by atoms with Crippen molar-refractivity contribution in [2.24, 2.45) is 11.8 Å². The van der Waals surface area contributed by atoms with Crippen LogP contribution in [0.25, 0.3) is 0 Å². The van der Waals surface area contributed by atoms with Crippen LogP contribution < -0.4 is 0 Å². The van der Waals surface area contributed by atoms with Gasteiger partial charge in [-0.25, -0.2) is 0 Å². The van der Waals surface area contributed by atoms with E-state index < -0.39 is 0 Å². The summed E-state index contributed by atoms with van der Waals surface area (Å²) in [6.45, 7) is 6.83. The van der Waals surface area contributed by atoms with E-state index in [0.29, 0.717) is 24.2 Å². The molecule has 3 heteroatoms. The van der Waals surface area contributed by atoms with Crippen LogP contribution in [-0.4, -0.2) is 36.1 Å². The van der Waals surface area contributed by atoms with E-state index in [4.69, 9.17) is 4.74 Å². The third-order valence-electron chi connectivity index (χ3n) is 5.57. The molecule has 0 saturated carbocycles. The van der Waals surface area contributed by atoms with Gasteiger partial charge in [0.25, 0.3) is 0 Å². The van der Waals surface area contributed by atoms with Crippen molar-refractivity contribution in [3.63, 3.8) is 0 Å². The maximum atomic E-state index is 12.3. The summed E-state index contributed by atoms with van der Waals surface area (Å²) in [4.78, 5) is 14.3. The minimum atomic E-state index is 0.0201. The normalized spacial score (nSPS) is 23.6. The van der Waals surface area contributed by atoms with Crippen molar-refractivity contribution >= 4 is 5.91 Å². The summed E-state index contributed by atoms with van der Waals surface area (Å²) in [5.41, 5.74) is 1.45. The van der Waals surface area contributed by atoms with Crippen LogP contribution in [0.1, 0.15) is 51.5 Å². The number of rotatable bonds is 4. The van der Waals surface area contributed by atoms with Gasteiger partial charge in [-0.05, 0) is 49.5 Å². The van der Waals surface area contributed by atoms with Crippen LogP contribution in [0.2, 0.25) is 0 Å². The molecule has 0 aromatic heterocycles. The first kappa shape index (κ1) is 17.5. The maximum absolute atomic E-state index is 12.3. The van der Waals surface area contributed by atoms with Gasteiger partial charge in [-0.15, -0.1) is 0 Å². The van der Waals surface area contributed by atoms with Gasteiger partial charge < -0.3 is 9.64 Å². The number of hydrogen-bond acceptors (Lipinski definition) is 2. The molecule has 0 N–H and O–H groups in total. The number of carbonyl (C=O) groups is 1. The SMILES string of the molecule is CC(C)CC(=O)N1CCC2(CC1)CC(Cc1ccccc1)CCO2. The average molecular weight is 329 g/mol. The van der Waals surface area contributed by atoms with Crippen molar-refractivity contribution in [2.75, 3.05) is 19.7 Å². The summed E-state index contributed by atoms with van der Waals surface area (Å²) in [6.07, 6.45) is 6.14. The van der Waals surface area contributed by atoms with E-state index >= 15 is 0 Å². The van der Waals surface area contributed by atoms with Gasteiger partial charge >= 0.3 is 0 Å². The zero-order valence-electron chi connectivity index (χ0n) is 15.2. The fourth-order valence-corrected chi connectivity index (χ4v) is 4.24. The summed E-state index contributed by atoms with van der Waals surface area (Å²) >= 11 is 0. The minimum Gasteiger partial charge on any atom is -0.375 e. The van der Waals surface area contributed by atoms with Gasteiger partial charge in [-0.3, -0.25) is 4.79 Å². The fourth-order valence-electron chi connectivity index (χ4n) is 4.24. The lowest BCUT2D eigenvalue weighted by Crippen LogP contribution is -2.51. The highest BCUT2D eigenvalue weighted by Gasteiger charge is 2.40. The number of likely N-dealkylation sites (tertiary alicyclic amines) is 1. The first-order chi connectivity index (χ1) is 11.6. The van der Waals surface area contributed by atoms with Crippen molar-refractivity contribution in [1.29, 1.82) is 0 Å². The Morgan fingerprint density at radius 3 is 2.62 bits per heavy atom. The number of nitrogens with zero attached hydrogens (tertiary/aromatic N) is 1. The highest BCUT2D eigenvalue weighted by atomic mass is 16.5. The van der Waals surface area contributed by atoms with E-state index in [1.165, 1.54) is 5.56 Å². The molecule has 3 nitrogen and oxygen atoms in total. The zero-order chi connectivity index (χ0) is 17.0. The van der Waals surface area contributed by atoms with Gasteiger partial charge in [-0.2, -0.15) is 0 Å². The molecule has 0 bridgehead atoms. The van der Waals surface area contributed by atoms with E-state index in [-0.39, 0.29) is 5.60 Å². The first-order valence-electron chi connectivity index (χ1n) is 9.52. The first-order valence-corrected chi connectivity index (χ1v) is 9.52. The molecule has 1 unspecified atom stereocenters. The molecule has 1 amide bonds. The average Bonchev–Trinajstić information content (AvgIpc) is 2.56. The lowest BCUT2D eigenvalue weighted by Gasteiger charge is -2.46. The van der Waals surface area contributed by atoms with Gasteiger partial charge in [0.15, 0.2) is 0 Å². The Morgan fingerprint density at radius 2 is 1.96 bits per heavy atom. The van der Waals surface area contributed by atoms with E-state index in [1.54, 1.807) is 0 Å². The number of ether oxygens (including phenoxy) is 1. The van der Waals surface area contributed by atoms with Crippen molar-refractivity contribution in [1.82, 2.24) is 4.90 Å². The van der Waals surface area contributed by atoms with Crippen LogP contribution >= 0.6 is 0 Å². The van der Waals surface area contributed by atoms with Crippen LogP contribution in [-0.2, 0) is 16.0 Å². The Labute approximate surface area is 146 Å². The molecule has 2 heterocycles. The number of piperidine rings is 1. The number of hydrogen-bond donors (Lipinski definition) is 0. The van der Waals surface area contributed by atoms with E-state index in [9.17, 15) is 4.79 Å². The standard InChI is InChI=1S/C21H31NO2/c1-17(2)14-20(23)22-11-9-21(10-12-22)16-19(8-13-24-21)15-18-6-4-3-5-7-18/h3-7,17,19H,8-16H2,1-2H3. The Balaban J connectivity index is 1.54. The Hall–Kier alpha value is -1.35. The summed E-state index contributed by atoms with van der Waals surface area (Å²) in [7, 11) is 0. The molecular weight excluding hydrogens is 298 g/mol. The molecular formula is C21H31NO2. The second-order valence-electron chi connectivity index (χ2n) is 8.06. The molecule has 132 valence electrons. The second kappa shape index (κ2) is 7.69. The predicted molar refractivity (Wildman–Crippen MR) is 96.8 cm³/mol. The number of benzene rings is 1. The molecule has 1 spiro atoms. The van der Waals surface area contributed by atoms with Gasteiger partial charge in [0.1, 0.15) is 0 Å². The highest BCUT2D eigenvalue weighted by molar-refractivity contribution is 5.76. The fraction of sp³-hybridized carbons (Fsp3) is 0.667. The van der Waals surface area contributed by atoms with Crippen molar-refractivity contribution in [3.8, 4) is 0 Å². The Kier molecular flexibility index (Phi) is 5.60. The molecule has 2 saturated heterocycles. The minimum absolute atomic E-state index is 0.0201. The summed E-state index contributed by atoms with van der Waals surface area (Å²) in [5.74, 6) is 1.46. The Bertz CT molecular complexity index is 532. The van der Waals surface area contributed by atoms with Crippen LogP contribution in [0.4, 0.5) is 0 Å². The summed E-state index contributed by atoms with van der Waals surface area (Å²) < 4.78 is 6.25. The molecule has 0 radical (unpaired) electrons. The largest absolute Gasteiger partial charge is 0.375 e. The lowest BCUT2D eigenvalue weighted by atomic mass is 9.77. The molecule has 1 aromatic rings. The molecule has 2 aliphatic heterocycles. The van der Waals surface area contributed by atoms with Crippen LogP contribution in [0.15, 0.2) is 30.3 Å². The third kappa shape index (κ3) is 4.38. The number of carbonyl (C=O) groups excluding carboxylic acids is 1. The zero-order valence-corrected chi connectivity index (χ0v) is 15.2. The molecule has 24 heavy (non-hydrogen) atoms. The van der Waals surface area contributed by atoms with E-state index in [0.717, 1.165) is 51.8 Å². The van der Waals surface area contributed by atoms with Crippen LogP contribution in [0, 0.1) is 11.8 Å². The lowest BCUT2D eigenvalue weighted by molar-refractivity contribution is -0.147. The monoisotopic (exact) mass is 329 g/mol. The van der Waals surface area contributed by atoms with Gasteiger partial charge in [-0.1, -0.05) is 44.2 Å². The van der Waals surface area contributed by atoms with E-state index in [1.807, 2.05) is 0 Å². The molecule has 1 atom stereocenters. The molecule has 1 aromatic carbocycles. The predicted octanol–water partition coefficient (Wildman–Crippen LogP) is 4.06. The van der Waals surface area contributed by atoms with Crippen LogP contribution in [0.3, 0.4) is 0 Å². The molecule has 3 rings (SSSR count). The van der Waals surface area contributed by atoms with E-state index in [2.05, 4.69) is 49.1 Å². The van der Waals surface area contributed by atoms with Crippen LogP contribution in [0.5, 0.6) is 0 Å².